The standard InChI is InChI=1S/C18H20N4OS/c1-3-22-15-9-10-20-12-14(15)21-18(22)24-16(17(23)19-2)11-13-7-5-4-6-8-13/h4-10,12,16H,3,11H2,1-2H3,(H,19,23). The van der Waals surface area contributed by atoms with E-state index >= 15 is 0 Å². The van der Waals surface area contributed by atoms with Crippen molar-refractivity contribution >= 4 is 28.7 Å². The van der Waals surface area contributed by atoms with Gasteiger partial charge in [0, 0.05) is 19.8 Å². The predicted octanol–water partition coefficient (Wildman–Crippen LogP) is 2.90. The number of imidazole rings is 1. The summed E-state index contributed by atoms with van der Waals surface area (Å²) in [5.41, 5.74) is 3.04. The Kier molecular flexibility index (Phi) is 5.15. The van der Waals surface area contributed by atoms with Crippen LogP contribution in [0, 0.1) is 0 Å². The average Bonchev–Trinajstić information content (AvgIpc) is 2.98. The van der Waals surface area contributed by atoms with Crippen molar-refractivity contribution < 1.29 is 4.79 Å². The largest absolute Gasteiger partial charge is 0.358 e. The molecule has 0 aliphatic carbocycles. The summed E-state index contributed by atoms with van der Waals surface area (Å²) in [5, 5.41) is 3.39. The van der Waals surface area contributed by atoms with Crippen molar-refractivity contribution in [3.05, 3.63) is 54.4 Å². The molecule has 1 unspecified atom stereocenters. The van der Waals surface area contributed by atoms with E-state index in [4.69, 9.17) is 0 Å². The Bertz CT molecular complexity index is 831. The van der Waals surface area contributed by atoms with Crippen molar-refractivity contribution in [3.8, 4) is 0 Å². The summed E-state index contributed by atoms with van der Waals surface area (Å²) in [6.07, 6.45) is 4.19. The predicted molar refractivity (Wildman–Crippen MR) is 97.1 cm³/mol. The van der Waals surface area contributed by atoms with E-state index in [0.717, 1.165) is 28.3 Å². The van der Waals surface area contributed by atoms with Gasteiger partial charge in [0.1, 0.15) is 5.52 Å². The van der Waals surface area contributed by atoms with Gasteiger partial charge in [0.05, 0.1) is 17.0 Å². The van der Waals surface area contributed by atoms with Gasteiger partial charge in [-0.05, 0) is 25.0 Å². The smallest absolute Gasteiger partial charge is 0.233 e. The number of amides is 1. The third-order valence-electron chi connectivity index (χ3n) is 3.88. The molecule has 1 amide bonds. The van der Waals surface area contributed by atoms with Crippen molar-refractivity contribution in [2.75, 3.05) is 7.05 Å². The maximum Gasteiger partial charge on any atom is 0.233 e. The molecule has 6 heteroatoms. The number of carbonyl (C=O) groups is 1. The maximum absolute atomic E-state index is 12.4. The Balaban J connectivity index is 1.91. The normalized spacial score (nSPS) is 12.2. The molecule has 1 N–H and O–H groups in total. The molecule has 0 saturated carbocycles. The van der Waals surface area contributed by atoms with Crippen LogP contribution in [0.2, 0.25) is 0 Å². The lowest BCUT2D eigenvalue weighted by atomic mass is 10.1. The van der Waals surface area contributed by atoms with Crippen molar-refractivity contribution in [1.29, 1.82) is 0 Å². The van der Waals surface area contributed by atoms with Crippen LogP contribution in [-0.2, 0) is 17.8 Å². The number of benzene rings is 1. The van der Waals surface area contributed by atoms with Crippen LogP contribution in [-0.4, -0.2) is 32.7 Å². The van der Waals surface area contributed by atoms with Gasteiger partial charge < -0.3 is 9.88 Å². The van der Waals surface area contributed by atoms with Crippen molar-refractivity contribution in [2.45, 2.75) is 30.3 Å². The fourth-order valence-corrected chi connectivity index (χ4v) is 3.92. The third-order valence-corrected chi connectivity index (χ3v) is 5.07. The summed E-state index contributed by atoms with van der Waals surface area (Å²) in [6.45, 7) is 2.88. The zero-order chi connectivity index (χ0) is 16.9. The molecule has 5 nitrogen and oxygen atoms in total. The first-order chi connectivity index (χ1) is 11.7. The molecule has 0 fully saturated rings. The Hall–Kier alpha value is -2.34. The topological polar surface area (TPSA) is 59.8 Å². The number of pyridine rings is 1. The number of thioether (sulfide) groups is 1. The molecule has 0 bridgehead atoms. The number of fused-ring (bicyclic) bond motifs is 1. The van der Waals surface area contributed by atoms with Gasteiger partial charge in [-0.1, -0.05) is 42.1 Å². The number of rotatable bonds is 6. The molecule has 1 atom stereocenters. The summed E-state index contributed by atoms with van der Waals surface area (Å²) in [7, 11) is 1.67. The second-order valence-corrected chi connectivity index (χ2v) is 6.58. The average molecular weight is 340 g/mol. The van der Waals surface area contributed by atoms with E-state index in [1.54, 1.807) is 19.4 Å². The van der Waals surface area contributed by atoms with Crippen LogP contribution in [0.5, 0.6) is 0 Å². The quantitative estimate of drug-likeness (QED) is 0.701. The molecule has 1 aromatic carbocycles. The summed E-state index contributed by atoms with van der Waals surface area (Å²) in [6, 6.07) is 12.0. The van der Waals surface area contributed by atoms with Gasteiger partial charge in [0.25, 0.3) is 0 Å². The maximum atomic E-state index is 12.4. The summed E-state index contributed by atoms with van der Waals surface area (Å²) < 4.78 is 2.13. The van der Waals surface area contributed by atoms with Crippen LogP contribution in [0.3, 0.4) is 0 Å². The van der Waals surface area contributed by atoms with E-state index in [2.05, 4.69) is 26.8 Å². The molecule has 3 aromatic rings. The second-order valence-electron chi connectivity index (χ2n) is 5.41. The first-order valence-corrected chi connectivity index (χ1v) is 8.83. The van der Waals surface area contributed by atoms with Crippen LogP contribution in [0.4, 0.5) is 0 Å². The minimum atomic E-state index is -0.229. The van der Waals surface area contributed by atoms with E-state index < -0.39 is 0 Å². The molecule has 0 saturated heterocycles. The minimum absolute atomic E-state index is 0.0108. The van der Waals surface area contributed by atoms with Gasteiger partial charge in [-0.3, -0.25) is 9.78 Å². The fourth-order valence-electron chi connectivity index (χ4n) is 2.66. The number of nitrogens with one attached hydrogen (secondary N) is 1. The SMILES string of the molecule is CCn1c(SC(Cc2ccccc2)C(=O)NC)nc2cnccc21. The number of carbonyl (C=O) groups excluding carboxylic acids is 1. The van der Waals surface area contributed by atoms with Crippen LogP contribution >= 0.6 is 11.8 Å². The molecular formula is C18H20N4OS. The van der Waals surface area contributed by atoms with Gasteiger partial charge >= 0.3 is 0 Å². The van der Waals surface area contributed by atoms with Crippen LogP contribution < -0.4 is 5.32 Å². The molecule has 0 aliphatic rings. The highest BCUT2D eigenvalue weighted by Crippen LogP contribution is 2.29. The molecule has 0 spiro atoms. The lowest BCUT2D eigenvalue weighted by Crippen LogP contribution is -2.31. The number of aromatic nitrogens is 3. The van der Waals surface area contributed by atoms with Crippen LogP contribution in [0.25, 0.3) is 11.0 Å². The second kappa shape index (κ2) is 7.49. The molecule has 0 aliphatic heterocycles. The molecule has 2 aromatic heterocycles. The van der Waals surface area contributed by atoms with E-state index in [-0.39, 0.29) is 11.2 Å². The van der Waals surface area contributed by atoms with Crippen molar-refractivity contribution in [3.63, 3.8) is 0 Å². The van der Waals surface area contributed by atoms with Crippen LogP contribution in [0.1, 0.15) is 12.5 Å². The highest BCUT2D eigenvalue weighted by Gasteiger charge is 2.22. The monoisotopic (exact) mass is 340 g/mol. The first-order valence-electron chi connectivity index (χ1n) is 7.95. The van der Waals surface area contributed by atoms with Gasteiger partial charge in [0.2, 0.25) is 5.91 Å². The van der Waals surface area contributed by atoms with E-state index in [1.807, 2.05) is 36.4 Å². The van der Waals surface area contributed by atoms with E-state index in [0.29, 0.717) is 6.42 Å². The minimum Gasteiger partial charge on any atom is -0.358 e. The molecule has 2 heterocycles. The lowest BCUT2D eigenvalue weighted by Gasteiger charge is -2.15. The number of hydrogen-bond acceptors (Lipinski definition) is 4. The van der Waals surface area contributed by atoms with E-state index in [1.165, 1.54) is 11.8 Å². The van der Waals surface area contributed by atoms with Gasteiger partial charge in [0.15, 0.2) is 5.16 Å². The zero-order valence-electron chi connectivity index (χ0n) is 13.8. The zero-order valence-corrected chi connectivity index (χ0v) is 14.6. The summed E-state index contributed by atoms with van der Waals surface area (Å²) in [4.78, 5) is 21.2. The molecule has 0 radical (unpaired) electrons. The van der Waals surface area contributed by atoms with Crippen LogP contribution in [0.15, 0.2) is 53.9 Å². The van der Waals surface area contributed by atoms with Gasteiger partial charge in [-0.25, -0.2) is 4.98 Å². The van der Waals surface area contributed by atoms with Gasteiger partial charge in [-0.15, -0.1) is 0 Å². The number of hydrogen-bond donors (Lipinski definition) is 1. The molecule has 124 valence electrons. The third kappa shape index (κ3) is 3.43. The fraction of sp³-hybridized carbons (Fsp3) is 0.278. The number of aryl methyl sites for hydroxylation is 1. The molecule has 24 heavy (non-hydrogen) atoms. The Morgan fingerprint density at radius 3 is 2.79 bits per heavy atom. The molecule has 3 rings (SSSR count). The van der Waals surface area contributed by atoms with Crippen molar-refractivity contribution in [1.82, 2.24) is 19.9 Å². The highest BCUT2D eigenvalue weighted by molar-refractivity contribution is 8.00. The molecular weight excluding hydrogens is 320 g/mol. The highest BCUT2D eigenvalue weighted by atomic mass is 32.2. The summed E-state index contributed by atoms with van der Waals surface area (Å²) in [5.74, 6) is 0.0108. The van der Waals surface area contributed by atoms with Crippen molar-refractivity contribution in [2.24, 2.45) is 0 Å². The Morgan fingerprint density at radius 1 is 1.29 bits per heavy atom. The lowest BCUT2D eigenvalue weighted by molar-refractivity contribution is -0.120. The first kappa shape index (κ1) is 16.5. The number of nitrogens with zero attached hydrogens (tertiary/aromatic N) is 3. The van der Waals surface area contributed by atoms with Gasteiger partial charge in [-0.2, -0.15) is 0 Å². The Morgan fingerprint density at radius 2 is 2.08 bits per heavy atom. The summed E-state index contributed by atoms with van der Waals surface area (Å²) >= 11 is 1.51. The Labute approximate surface area is 145 Å². The van der Waals surface area contributed by atoms with E-state index in [9.17, 15) is 4.79 Å².